The van der Waals surface area contributed by atoms with Crippen molar-refractivity contribution in [2.45, 2.75) is 32.1 Å². The van der Waals surface area contributed by atoms with Crippen molar-refractivity contribution in [3.8, 4) is 6.19 Å². The minimum Gasteiger partial charge on any atom is -0.371 e. The molecule has 1 aliphatic heterocycles. The van der Waals surface area contributed by atoms with E-state index in [0.717, 1.165) is 37.5 Å². The van der Waals surface area contributed by atoms with E-state index in [9.17, 15) is 4.39 Å². The molecule has 0 aromatic carbocycles. The Morgan fingerprint density at radius 1 is 1.40 bits per heavy atom. The van der Waals surface area contributed by atoms with Gasteiger partial charge in [0, 0.05) is 48.2 Å². The molecule has 30 heavy (non-hydrogen) atoms. The highest BCUT2D eigenvalue weighted by Gasteiger charge is 2.23. The number of anilines is 1. The second-order valence-corrected chi connectivity index (χ2v) is 8.30. The van der Waals surface area contributed by atoms with Gasteiger partial charge in [-0.05, 0) is 42.7 Å². The van der Waals surface area contributed by atoms with Crippen LogP contribution < -0.4 is 10.6 Å². The molecule has 0 aliphatic carbocycles. The zero-order chi connectivity index (χ0) is 21.2. The lowest BCUT2D eigenvalue weighted by Crippen LogP contribution is -2.31. The lowest BCUT2D eigenvalue weighted by Gasteiger charge is -2.20. The van der Waals surface area contributed by atoms with E-state index < -0.39 is 5.95 Å². The number of pyridine rings is 1. The molecule has 1 fully saturated rings. The highest BCUT2D eigenvalue weighted by Crippen LogP contribution is 2.30. The minimum absolute atomic E-state index is 0.321. The largest absolute Gasteiger partial charge is 0.371 e. The Labute approximate surface area is 181 Å². The summed E-state index contributed by atoms with van der Waals surface area (Å²) in [6, 6.07) is 7.09. The number of guanidine groups is 1. The molecule has 0 bridgehead atoms. The Kier molecular flexibility index (Phi) is 8.21. The fourth-order valence-electron chi connectivity index (χ4n) is 3.63. The standard InChI is InChI=1S/C22H27FN6S/c1-17(20-7-5-13-30-20)29-12-9-18(15-29)6-3-2-4-10-26-22(27-16-24)28-19-8-11-25-21(23)14-19/h5,7-8,11,13-14,18H,1-4,6,9-10,12,15H2,(H2,25,26,27,28). The average molecular weight is 427 g/mol. The number of aliphatic imine (C=N–C) groups is 1. The number of nitrogens with one attached hydrogen (secondary N) is 2. The third kappa shape index (κ3) is 6.56. The van der Waals surface area contributed by atoms with Gasteiger partial charge in [0.05, 0.1) is 0 Å². The molecule has 0 saturated carbocycles. The maximum atomic E-state index is 13.2. The van der Waals surface area contributed by atoms with Crippen LogP contribution in [-0.2, 0) is 0 Å². The van der Waals surface area contributed by atoms with E-state index in [0.29, 0.717) is 18.2 Å². The van der Waals surface area contributed by atoms with Gasteiger partial charge in [0.25, 0.3) is 0 Å². The molecular weight excluding hydrogens is 399 g/mol. The van der Waals surface area contributed by atoms with Gasteiger partial charge in [-0.15, -0.1) is 16.3 Å². The molecule has 1 saturated heterocycles. The second-order valence-electron chi connectivity index (χ2n) is 7.35. The quantitative estimate of drug-likeness (QED) is 0.200. The van der Waals surface area contributed by atoms with Crippen molar-refractivity contribution in [1.29, 1.82) is 5.26 Å². The first-order chi connectivity index (χ1) is 14.7. The number of nitrogens with zero attached hydrogens (tertiary/aromatic N) is 4. The van der Waals surface area contributed by atoms with Gasteiger partial charge in [0.2, 0.25) is 18.1 Å². The number of nitriles is 1. The summed E-state index contributed by atoms with van der Waals surface area (Å²) in [6.45, 7) is 7.16. The molecule has 1 unspecified atom stereocenters. The number of rotatable bonds is 9. The number of hydrogen-bond donors (Lipinski definition) is 2. The molecule has 0 radical (unpaired) electrons. The van der Waals surface area contributed by atoms with Gasteiger partial charge >= 0.3 is 0 Å². The van der Waals surface area contributed by atoms with Crippen molar-refractivity contribution >= 4 is 28.7 Å². The summed E-state index contributed by atoms with van der Waals surface area (Å²) >= 11 is 1.75. The van der Waals surface area contributed by atoms with Crippen LogP contribution in [0.1, 0.15) is 37.0 Å². The first-order valence-electron chi connectivity index (χ1n) is 10.2. The molecule has 0 amide bonds. The van der Waals surface area contributed by atoms with Crippen LogP contribution in [0.4, 0.5) is 10.1 Å². The summed E-state index contributed by atoms with van der Waals surface area (Å²) in [4.78, 5) is 10.9. The van der Waals surface area contributed by atoms with Crippen LogP contribution in [-0.4, -0.2) is 35.5 Å². The molecule has 1 atom stereocenters. The van der Waals surface area contributed by atoms with Crippen LogP contribution >= 0.6 is 11.3 Å². The van der Waals surface area contributed by atoms with Crippen LogP contribution in [0, 0.1) is 23.3 Å². The second kappa shape index (κ2) is 11.3. The van der Waals surface area contributed by atoms with E-state index in [1.807, 2.05) is 0 Å². The molecular formula is C22H27FN6S. The van der Waals surface area contributed by atoms with Crippen LogP contribution in [0.5, 0.6) is 0 Å². The van der Waals surface area contributed by atoms with Crippen LogP contribution in [0.15, 0.2) is 47.4 Å². The lowest BCUT2D eigenvalue weighted by atomic mass is 10.0. The van der Waals surface area contributed by atoms with Crippen LogP contribution in [0.2, 0.25) is 0 Å². The average Bonchev–Trinajstić information content (AvgIpc) is 3.42. The van der Waals surface area contributed by atoms with Gasteiger partial charge in [-0.3, -0.25) is 0 Å². The van der Waals surface area contributed by atoms with E-state index in [1.165, 1.54) is 36.4 Å². The van der Waals surface area contributed by atoms with Gasteiger partial charge in [-0.25, -0.2) is 4.98 Å². The molecule has 0 spiro atoms. The molecule has 3 rings (SSSR count). The molecule has 3 heterocycles. The third-order valence-electron chi connectivity index (χ3n) is 5.21. The maximum absolute atomic E-state index is 13.2. The fraction of sp³-hybridized carbons (Fsp3) is 0.409. The fourth-order valence-corrected chi connectivity index (χ4v) is 4.36. The van der Waals surface area contributed by atoms with Gasteiger partial charge in [-0.1, -0.05) is 25.5 Å². The number of unbranched alkanes of at least 4 members (excludes halogenated alkanes) is 2. The Bertz CT molecular complexity index is 889. The lowest BCUT2D eigenvalue weighted by molar-refractivity contribution is 0.432. The summed E-state index contributed by atoms with van der Waals surface area (Å²) in [6.07, 6.45) is 8.85. The van der Waals surface area contributed by atoms with E-state index in [1.54, 1.807) is 23.6 Å². The number of hydrogen-bond acceptors (Lipinski definition) is 5. The monoisotopic (exact) mass is 426 g/mol. The van der Waals surface area contributed by atoms with Crippen molar-refractivity contribution in [2.75, 3.05) is 25.0 Å². The van der Waals surface area contributed by atoms with Crippen molar-refractivity contribution < 1.29 is 4.39 Å². The van der Waals surface area contributed by atoms with Crippen molar-refractivity contribution in [1.82, 2.24) is 15.2 Å². The molecule has 2 aromatic rings. The maximum Gasteiger partial charge on any atom is 0.214 e. The summed E-state index contributed by atoms with van der Waals surface area (Å²) in [5.41, 5.74) is 1.65. The van der Waals surface area contributed by atoms with Crippen LogP contribution in [0.25, 0.3) is 5.70 Å². The Hall–Kier alpha value is -2.92. The SMILES string of the molecule is C=C(c1cccs1)N1CCC(CCCCCN/C(=N/C#N)Nc2ccnc(F)c2)C1. The van der Waals surface area contributed by atoms with Gasteiger partial charge in [0.1, 0.15) is 0 Å². The Morgan fingerprint density at radius 2 is 2.30 bits per heavy atom. The summed E-state index contributed by atoms with van der Waals surface area (Å²) in [7, 11) is 0. The predicted octanol–water partition coefficient (Wildman–Crippen LogP) is 4.67. The molecule has 2 aromatic heterocycles. The van der Waals surface area contributed by atoms with E-state index in [-0.39, 0.29) is 0 Å². The number of likely N-dealkylation sites (tertiary alicyclic amines) is 1. The van der Waals surface area contributed by atoms with Gasteiger partial charge in [-0.2, -0.15) is 9.65 Å². The first-order valence-corrected chi connectivity index (χ1v) is 11.1. The van der Waals surface area contributed by atoms with E-state index >= 15 is 0 Å². The molecule has 8 heteroatoms. The van der Waals surface area contributed by atoms with E-state index in [2.05, 4.69) is 49.6 Å². The molecule has 1 aliphatic rings. The Morgan fingerprint density at radius 3 is 3.07 bits per heavy atom. The van der Waals surface area contributed by atoms with Gasteiger partial charge < -0.3 is 15.5 Å². The van der Waals surface area contributed by atoms with Crippen molar-refractivity contribution in [2.24, 2.45) is 10.9 Å². The van der Waals surface area contributed by atoms with Gasteiger partial charge in [0.15, 0.2) is 0 Å². The zero-order valence-corrected chi connectivity index (χ0v) is 17.8. The van der Waals surface area contributed by atoms with E-state index in [4.69, 9.17) is 5.26 Å². The Balaban J connectivity index is 1.31. The smallest absolute Gasteiger partial charge is 0.214 e. The first kappa shape index (κ1) is 21.8. The number of halogens is 1. The predicted molar refractivity (Wildman–Crippen MR) is 120 cm³/mol. The van der Waals surface area contributed by atoms with Crippen molar-refractivity contribution in [3.63, 3.8) is 0 Å². The van der Waals surface area contributed by atoms with Crippen molar-refractivity contribution in [3.05, 3.63) is 53.2 Å². The van der Waals surface area contributed by atoms with Crippen LogP contribution in [0.3, 0.4) is 0 Å². The summed E-state index contributed by atoms with van der Waals surface area (Å²) in [5.74, 6) is 0.469. The zero-order valence-electron chi connectivity index (χ0n) is 17.0. The number of aromatic nitrogens is 1. The third-order valence-corrected chi connectivity index (χ3v) is 6.12. The molecule has 158 valence electrons. The molecule has 6 nitrogen and oxygen atoms in total. The summed E-state index contributed by atoms with van der Waals surface area (Å²) < 4.78 is 13.2. The molecule has 2 N–H and O–H groups in total. The topological polar surface area (TPSA) is 76.3 Å². The highest BCUT2D eigenvalue weighted by atomic mass is 32.1. The highest BCUT2D eigenvalue weighted by molar-refractivity contribution is 7.11. The number of thiophene rings is 1. The minimum atomic E-state index is -0.583. The normalized spacial score (nSPS) is 16.3. The summed E-state index contributed by atoms with van der Waals surface area (Å²) in [5, 5.41) is 17.0.